The Hall–Kier alpha value is -2.44. The molecular formula is C16H14N2O3S. The Balaban J connectivity index is 2.11. The van der Waals surface area contributed by atoms with Gasteiger partial charge in [-0.3, -0.25) is 0 Å². The summed E-state index contributed by atoms with van der Waals surface area (Å²) in [5.41, 5.74) is 3.32. The molecule has 0 aliphatic rings. The first-order valence-electron chi connectivity index (χ1n) is 6.62. The van der Waals surface area contributed by atoms with Gasteiger partial charge in [0.1, 0.15) is 11.5 Å². The quantitative estimate of drug-likeness (QED) is 0.805. The normalized spacial score (nSPS) is 11.5. The standard InChI is InChI=1S/C16H14N2O3S/c1-11-15(12-5-3-2-4-6-12)16(18-21-11)13-7-9-14(10-8-13)22(17,19)20/h2-10H,1H3,(H2,17,19,20). The fraction of sp³-hybridized carbons (Fsp3) is 0.0625. The van der Waals surface area contributed by atoms with Crippen molar-refractivity contribution in [3.63, 3.8) is 0 Å². The number of nitrogens with two attached hydrogens (primary N) is 1. The van der Waals surface area contributed by atoms with Crippen LogP contribution < -0.4 is 5.14 Å². The Kier molecular flexibility index (Phi) is 3.56. The van der Waals surface area contributed by atoms with E-state index in [1.165, 1.54) is 12.1 Å². The molecule has 0 unspecified atom stereocenters. The van der Waals surface area contributed by atoms with E-state index >= 15 is 0 Å². The molecule has 0 atom stereocenters. The van der Waals surface area contributed by atoms with Gasteiger partial charge in [0, 0.05) is 5.56 Å². The molecule has 22 heavy (non-hydrogen) atoms. The van der Waals surface area contributed by atoms with Gasteiger partial charge in [0.2, 0.25) is 10.0 Å². The summed E-state index contributed by atoms with van der Waals surface area (Å²) in [7, 11) is -3.70. The summed E-state index contributed by atoms with van der Waals surface area (Å²) in [5, 5.41) is 9.21. The van der Waals surface area contributed by atoms with Gasteiger partial charge in [-0.25, -0.2) is 13.6 Å². The predicted octanol–water partition coefficient (Wildman–Crippen LogP) is 2.96. The second-order valence-electron chi connectivity index (χ2n) is 4.90. The van der Waals surface area contributed by atoms with Crippen molar-refractivity contribution in [2.24, 2.45) is 5.14 Å². The molecule has 0 bridgehead atoms. The van der Waals surface area contributed by atoms with E-state index in [1.54, 1.807) is 12.1 Å². The van der Waals surface area contributed by atoms with Crippen molar-refractivity contribution >= 4 is 10.0 Å². The Morgan fingerprint density at radius 2 is 1.59 bits per heavy atom. The lowest BCUT2D eigenvalue weighted by atomic mass is 10.00. The third kappa shape index (κ3) is 2.66. The zero-order chi connectivity index (χ0) is 15.7. The highest BCUT2D eigenvalue weighted by Gasteiger charge is 2.17. The number of aryl methyl sites for hydroxylation is 1. The Morgan fingerprint density at radius 1 is 0.955 bits per heavy atom. The molecule has 0 amide bonds. The van der Waals surface area contributed by atoms with E-state index in [4.69, 9.17) is 9.66 Å². The topological polar surface area (TPSA) is 86.2 Å². The van der Waals surface area contributed by atoms with Gasteiger partial charge in [0.15, 0.2) is 0 Å². The SMILES string of the molecule is Cc1onc(-c2ccc(S(N)(=O)=O)cc2)c1-c1ccccc1. The molecule has 5 nitrogen and oxygen atoms in total. The van der Waals surface area contributed by atoms with Gasteiger partial charge in [-0.1, -0.05) is 47.6 Å². The number of nitrogens with zero attached hydrogens (tertiary/aromatic N) is 1. The molecule has 1 aromatic heterocycles. The van der Waals surface area contributed by atoms with E-state index in [2.05, 4.69) is 5.16 Å². The predicted molar refractivity (Wildman–Crippen MR) is 83.5 cm³/mol. The third-order valence-electron chi connectivity index (χ3n) is 3.38. The van der Waals surface area contributed by atoms with Crippen LogP contribution in [0.15, 0.2) is 64.0 Å². The van der Waals surface area contributed by atoms with Crippen molar-refractivity contribution in [2.75, 3.05) is 0 Å². The summed E-state index contributed by atoms with van der Waals surface area (Å²) in [6.45, 7) is 1.84. The van der Waals surface area contributed by atoms with Crippen molar-refractivity contribution in [2.45, 2.75) is 11.8 Å². The monoisotopic (exact) mass is 314 g/mol. The average molecular weight is 314 g/mol. The molecule has 0 aliphatic heterocycles. The molecule has 3 rings (SSSR count). The zero-order valence-electron chi connectivity index (χ0n) is 11.9. The van der Waals surface area contributed by atoms with Gasteiger partial charge in [-0.05, 0) is 24.6 Å². The fourth-order valence-corrected chi connectivity index (χ4v) is 2.83. The number of rotatable bonds is 3. The van der Waals surface area contributed by atoms with E-state index < -0.39 is 10.0 Å². The summed E-state index contributed by atoms with van der Waals surface area (Å²) in [5.74, 6) is 0.705. The number of primary sulfonamides is 1. The number of sulfonamides is 1. The van der Waals surface area contributed by atoms with E-state index in [1.807, 2.05) is 37.3 Å². The highest BCUT2D eigenvalue weighted by molar-refractivity contribution is 7.89. The van der Waals surface area contributed by atoms with Crippen LogP contribution >= 0.6 is 0 Å². The molecule has 0 aliphatic carbocycles. The first-order valence-corrected chi connectivity index (χ1v) is 8.16. The molecule has 3 aromatic rings. The molecule has 0 saturated heterocycles. The average Bonchev–Trinajstić information content (AvgIpc) is 2.89. The summed E-state index contributed by atoms with van der Waals surface area (Å²) in [4.78, 5) is 0.0673. The number of hydrogen-bond acceptors (Lipinski definition) is 4. The number of benzene rings is 2. The molecule has 2 N–H and O–H groups in total. The lowest BCUT2D eigenvalue weighted by Gasteiger charge is -2.04. The van der Waals surface area contributed by atoms with Gasteiger partial charge >= 0.3 is 0 Å². The van der Waals surface area contributed by atoms with Gasteiger partial charge in [-0.15, -0.1) is 0 Å². The molecule has 0 spiro atoms. The zero-order valence-corrected chi connectivity index (χ0v) is 12.7. The van der Waals surface area contributed by atoms with Crippen molar-refractivity contribution in [1.29, 1.82) is 0 Å². The van der Waals surface area contributed by atoms with E-state index in [-0.39, 0.29) is 4.90 Å². The van der Waals surface area contributed by atoms with E-state index in [0.29, 0.717) is 11.5 Å². The van der Waals surface area contributed by atoms with Gasteiger partial charge in [-0.2, -0.15) is 0 Å². The van der Waals surface area contributed by atoms with Crippen molar-refractivity contribution in [3.05, 3.63) is 60.4 Å². The first kappa shape index (κ1) is 14.5. The largest absolute Gasteiger partial charge is 0.360 e. The smallest absolute Gasteiger partial charge is 0.238 e. The van der Waals surface area contributed by atoms with Crippen LogP contribution in [0, 0.1) is 6.92 Å². The first-order chi connectivity index (χ1) is 10.5. The molecule has 6 heteroatoms. The van der Waals surface area contributed by atoms with Crippen LogP contribution in [0.4, 0.5) is 0 Å². The second-order valence-corrected chi connectivity index (χ2v) is 6.46. The third-order valence-corrected chi connectivity index (χ3v) is 4.31. The van der Waals surface area contributed by atoms with E-state index in [9.17, 15) is 8.42 Å². The number of hydrogen-bond donors (Lipinski definition) is 1. The van der Waals surface area contributed by atoms with Crippen LogP contribution in [0.25, 0.3) is 22.4 Å². The fourth-order valence-electron chi connectivity index (χ4n) is 2.32. The Morgan fingerprint density at radius 3 is 2.18 bits per heavy atom. The molecule has 1 heterocycles. The number of aromatic nitrogens is 1. The Bertz CT molecular complexity index is 898. The van der Waals surface area contributed by atoms with Crippen LogP contribution in [0.3, 0.4) is 0 Å². The maximum absolute atomic E-state index is 11.3. The van der Waals surface area contributed by atoms with Gasteiger partial charge in [0.05, 0.1) is 10.5 Å². The molecule has 0 radical (unpaired) electrons. The highest BCUT2D eigenvalue weighted by atomic mass is 32.2. The maximum atomic E-state index is 11.3. The van der Waals surface area contributed by atoms with Crippen LogP contribution in [0.5, 0.6) is 0 Å². The van der Waals surface area contributed by atoms with Crippen LogP contribution in [-0.4, -0.2) is 13.6 Å². The van der Waals surface area contributed by atoms with Crippen molar-refractivity contribution < 1.29 is 12.9 Å². The lowest BCUT2D eigenvalue weighted by Crippen LogP contribution is -2.11. The summed E-state index contributed by atoms with van der Waals surface area (Å²) in [6.07, 6.45) is 0. The molecular weight excluding hydrogens is 300 g/mol. The minimum atomic E-state index is -3.70. The molecule has 112 valence electrons. The van der Waals surface area contributed by atoms with Crippen LogP contribution in [0.1, 0.15) is 5.76 Å². The van der Waals surface area contributed by atoms with Crippen LogP contribution in [0.2, 0.25) is 0 Å². The molecule has 0 saturated carbocycles. The molecule has 0 fully saturated rings. The van der Waals surface area contributed by atoms with Crippen LogP contribution in [-0.2, 0) is 10.0 Å². The molecule has 2 aromatic carbocycles. The Labute approximate surface area is 128 Å². The van der Waals surface area contributed by atoms with E-state index in [0.717, 1.165) is 16.7 Å². The second kappa shape index (κ2) is 5.40. The van der Waals surface area contributed by atoms with Gasteiger partial charge < -0.3 is 4.52 Å². The van der Waals surface area contributed by atoms with Gasteiger partial charge in [0.25, 0.3) is 0 Å². The maximum Gasteiger partial charge on any atom is 0.238 e. The summed E-state index contributed by atoms with van der Waals surface area (Å²) in [6, 6.07) is 16.0. The highest BCUT2D eigenvalue weighted by Crippen LogP contribution is 2.34. The van der Waals surface area contributed by atoms with Crippen molar-refractivity contribution in [1.82, 2.24) is 5.16 Å². The lowest BCUT2D eigenvalue weighted by molar-refractivity contribution is 0.400. The van der Waals surface area contributed by atoms with Crippen molar-refractivity contribution in [3.8, 4) is 22.4 Å². The summed E-state index contributed by atoms with van der Waals surface area (Å²) >= 11 is 0. The minimum Gasteiger partial charge on any atom is -0.360 e. The summed E-state index contributed by atoms with van der Waals surface area (Å²) < 4.78 is 27.9. The minimum absolute atomic E-state index is 0.0673.